The normalized spacial score (nSPS) is 17.7. The maximum atomic E-state index is 12.8. The van der Waals surface area contributed by atoms with Crippen LogP contribution >= 0.6 is 45.9 Å². The summed E-state index contributed by atoms with van der Waals surface area (Å²) < 4.78 is 27.7. The second kappa shape index (κ2) is 8.94. The number of hydrogen-bond donors (Lipinski definition) is 1. The van der Waals surface area contributed by atoms with Gasteiger partial charge in [-0.1, -0.05) is 35.3 Å². The Kier molecular flexibility index (Phi) is 6.47. The molecule has 0 spiro atoms. The molecule has 30 heavy (non-hydrogen) atoms. The Morgan fingerprint density at radius 3 is 2.63 bits per heavy atom. The summed E-state index contributed by atoms with van der Waals surface area (Å²) >= 11 is 14.2. The van der Waals surface area contributed by atoms with Gasteiger partial charge in [0.1, 0.15) is 4.21 Å². The molecule has 0 saturated carbocycles. The van der Waals surface area contributed by atoms with Crippen molar-refractivity contribution >= 4 is 66.9 Å². The first-order valence-corrected chi connectivity index (χ1v) is 13.0. The van der Waals surface area contributed by atoms with Gasteiger partial charge in [-0.25, -0.2) is 13.4 Å². The van der Waals surface area contributed by atoms with Crippen LogP contribution < -0.4 is 5.32 Å². The van der Waals surface area contributed by atoms with Gasteiger partial charge in [-0.3, -0.25) is 4.79 Å². The number of aromatic nitrogens is 1. The van der Waals surface area contributed by atoms with Gasteiger partial charge < -0.3 is 5.32 Å². The van der Waals surface area contributed by atoms with Gasteiger partial charge in [-0.2, -0.15) is 4.31 Å². The number of carbonyl (C=O) groups is 1. The van der Waals surface area contributed by atoms with E-state index in [2.05, 4.69) is 10.3 Å². The molecule has 0 radical (unpaired) electrons. The van der Waals surface area contributed by atoms with Gasteiger partial charge in [0.15, 0.2) is 5.13 Å². The van der Waals surface area contributed by atoms with Crippen molar-refractivity contribution in [1.29, 1.82) is 0 Å². The first kappa shape index (κ1) is 21.7. The average molecular weight is 502 g/mol. The zero-order chi connectivity index (χ0) is 21.3. The number of nitrogens with zero attached hydrogens (tertiary/aromatic N) is 2. The number of piperidine rings is 1. The van der Waals surface area contributed by atoms with Crippen LogP contribution in [-0.2, 0) is 14.8 Å². The largest absolute Gasteiger partial charge is 0.302 e. The minimum absolute atomic E-state index is 0.138. The van der Waals surface area contributed by atoms with Gasteiger partial charge >= 0.3 is 0 Å². The Morgan fingerprint density at radius 2 is 1.93 bits per heavy atom. The average Bonchev–Trinajstić information content (AvgIpc) is 3.38. The molecular weight excluding hydrogens is 485 g/mol. The van der Waals surface area contributed by atoms with Crippen molar-refractivity contribution in [2.75, 3.05) is 18.4 Å². The van der Waals surface area contributed by atoms with Gasteiger partial charge in [0, 0.05) is 29.1 Å². The molecule has 1 atom stereocenters. The lowest BCUT2D eigenvalue weighted by atomic mass is 9.99. The van der Waals surface area contributed by atoms with Crippen LogP contribution in [0.1, 0.15) is 12.8 Å². The highest BCUT2D eigenvalue weighted by Crippen LogP contribution is 2.31. The summed E-state index contributed by atoms with van der Waals surface area (Å²) in [6, 6.07) is 10.4. The standard InChI is InChI=1S/C19H17Cl2N3O3S3/c20-14-5-3-12(4-6-14)15-11-28-19(22-15)23-18(25)13-2-1-9-24(10-13)30(26,27)17-8-7-16(21)29-17/h3-8,11,13H,1-2,9-10H2,(H,22,23,25). The van der Waals surface area contributed by atoms with Crippen LogP contribution in [-0.4, -0.2) is 36.7 Å². The maximum Gasteiger partial charge on any atom is 0.252 e. The molecule has 1 aromatic carbocycles. The molecule has 0 bridgehead atoms. The van der Waals surface area contributed by atoms with E-state index in [0.717, 1.165) is 22.6 Å². The lowest BCUT2D eigenvalue weighted by Crippen LogP contribution is -2.43. The van der Waals surface area contributed by atoms with E-state index in [1.165, 1.54) is 21.7 Å². The SMILES string of the molecule is O=C(Nc1nc(-c2ccc(Cl)cc2)cs1)C1CCCN(S(=O)(=O)c2ccc(Cl)s2)C1. The molecule has 2 aromatic heterocycles. The van der Waals surface area contributed by atoms with Crippen molar-refractivity contribution in [2.24, 2.45) is 5.92 Å². The molecule has 1 saturated heterocycles. The quantitative estimate of drug-likeness (QED) is 0.519. The molecule has 1 N–H and O–H groups in total. The van der Waals surface area contributed by atoms with Crippen LogP contribution in [0.2, 0.25) is 9.36 Å². The molecule has 1 unspecified atom stereocenters. The van der Waals surface area contributed by atoms with Crippen molar-refractivity contribution < 1.29 is 13.2 Å². The second-order valence-electron chi connectivity index (χ2n) is 6.79. The van der Waals surface area contributed by atoms with Crippen molar-refractivity contribution in [3.8, 4) is 11.3 Å². The number of hydrogen-bond acceptors (Lipinski definition) is 6. The van der Waals surface area contributed by atoms with Gasteiger partial charge in [0.25, 0.3) is 10.0 Å². The number of thiazole rings is 1. The molecule has 3 aromatic rings. The number of thiophene rings is 1. The predicted molar refractivity (Wildman–Crippen MR) is 122 cm³/mol. The van der Waals surface area contributed by atoms with Crippen LogP contribution in [0.15, 0.2) is 46.0 Å². The molecule has 6 nitrogen and oxygen atoms in total. The van der Waals surface area contributed by atoms with E-state index in [1.54, 1.807) is 18.2 Å². The highest BCUT2D eigenvalue weighted by Gasteiger charge is 2.34. The van der Waals surface area contributed by atoms with E-state index in [0.29, 0.717) is 33.9 Å². The van der Waals surface area contributed by atoms with Gasteiger partial charge in [0.05, 0.1) is 15.9 Å². The summed E-state index contributed by atoms with van der Waals surface area (Å²) in [5.74, 6) is -0.664. The van der Waals surface area contributed by atoms with Gasteiger partial charge in [-0.05, 0) is 37.1 Å². The Hall–Kier alpha value is -1.49. The zero-order valence-corrected chi connectivity index (χ0v) is 19.5. The minimum Gasteiger partial charge on any atom is -0.302 e. The zero-order valence-electron chi connectivity index (χ0n) is 15.5. The number of nitrogens with one attached hydrogen (secondary N) is 1. The fraction of sp³-hybridized carbons (Fsp3) is 0.263. The fourth-order valence-electron chi connectivity index (χ4n) is 3.23. The minimum atomic E-state index is -3.65. The van der Waals surface area contributed by atoms with E-state index >= 15 is 0 Å². The van der Waals surface area contributed by atoms with E-state index in [4.69, 9.17) is 23.2 Å². The van der Waals surface area contributed by atoms with Crippen molar-refractivity contribution in [3.05, 3.63) is 51.1 Å². The summed E-state index contributed by atoms with van der Waals surface area (Å²) in [5.41, 5.74) is 1.65. The second-order valence-corrected chi connectivity index (χ2v) is 12.0. The number of carbonyl (C=O) groups excluding carboxylic acids is 1. The monoisotopic (exact) mass is 501 g/mol. The van der Waals surface area contributed by atoms with Crippen LogP contribution in [0, 0.1) is 5.92 Å². The summed E-state index contributed by atoms with van der Waals surface area (Å²) in [6.45, 7) is 0.526. The first-order valence-electron chi connectivity index (χ1n) is 9.11. The molecule has 1 fully saturated rings. The third-order valence-corrected chi connectivity index (χ3v) is 9.35. The van der Waals surface area contributed by atoms with E-state index in [9.17, 15) is 13.2 Å². The molecular formula is C19H17Cl2N3O3S3. The van der Waals surface area contributed by atoms with Gasteiger partial charge in [-0.15, -0.1) is 22.7 Å². The number of benzene rings is 1. The maximum absolute atomic E-state index is 12.8. The smallest absolute Gasteiger partial charge is 0.252 e. The summed E-state index contributed by atoms with van der Waals surface area (Å²) in [7, 11) is -3.65. The van der Waals surface area contributed by atoms with Crippen LogP contribution in [0.5, 0.6) is 0 Å². The molecule has 1 aliphatic heterocycles. The lowest BCUT2D eigenvalue weighted by molar-refractivity contribution is -0.120. The Morgan fingerprint density at radius 1 is 1.17 bits per heavy atom. The van der Waals surface area contributed by atoms with Crippen molar-refractivity contribution in [2.45, 2.75) is 17.1 Å². The molecule has 1 aliphatic rings. The van der Waals surface area contributed by atoms with E-state index in [1.807, 2.05) is 17.5 Å². The molecule has 4 rings (SSSR count). The number of anilines is 1. The van der Waals surface area contributed by atoms with E-state index < -0.39 is 15.9 Å². The third-order valence-electron chi connectivity index (χ3n) is 4.77. The Labute approximate surface area is 192 Å². The number of rotatable bonds is 5. The topological polar surface area (TPSA) is 79.4 Å². The first-order chi connectivity index (χ1) is 14.3. The Balaban J connectivity index is 1.43. The molecule has 0 aliphatic carbocycles. The lowest BCUT2D eigenvalue weighted by Gasteiger charge is -2.30. The van der Waals surface area contributed by atoms with Crippen LogP contribution in [0.3, 0.4) is 0 Å². The van der Waals surface area contributed by atoms with Gasteiger partial charge in [0.2, 0.25) is 5.91 Å². The van der Waals surface area contributed by atoms with Crippen molar-refractivity contribution in [1.82, 2.24) is 9.29 Å². The van der Waals surface area contributed by atoms with E-state index in [-0.39, 0.29) is 16.7 Å². The molecule has 1 amide bonds. The molecule has 3 heterocycles. The Bertz CT molecular complexity index is 1160. The number of halogens is 2. The third kappa shape index (κ3) is 4.71. The van der Waals surface area contributed by atoms with Crippen LogP contribution in [0.25, 0.3) is 11.3 Å². The highest BCUT2D eigenvalue weighted by atomic mass is 35.5. The fourth-order valence-corrected chi connectivity index (χ4v) is 7.24. The highest BCUT2D eigenvalue weighted by molar-refractivity contribution is 7.91. The molecule has 158 valence electrons. The van der Waals surface area contributed by atoms with Crippen LogP contribution in [0.4, 0.5) is 5.13 Å². The predicted octanol–water partition coefficient (Wildman–Crippen LogP) is 5.22. The van der Waals surface area contributed by atoms with Crippen molar-refractivity contribution in [3.63, 3.8) is 0 Å². The number of sulfonamides is 1. The summed E-state index contributed by atoms with van der Waals surface area (Å²) in [4.78, 5) is 17.2. The summed E-state index contributed by atoms with van der Waals surface area (Å²) in [6.07, 6.45) is 1.24. The number of amides is 1. The summed E-state index contributed by atoms with van der Waals surface area (Å²) in [5, 5.41) is 5.81. The molecule has 11 heteroatoms.